The normalized spacial score (nSPS) is 32.5. The molecular formula is C17H22FN3. The van der Waals surface area contributed by atoms with Crippen molar-refractivity contribution in [2.24, 2.45) is 22.6 Å². The number of aliphatic imine (C=N–C) groups is 1. The van der Waals surface area contributed by atoms with Crippen LogP contribution >= 0.6 is 0 Å². The van der Waals surface area contributed by atoms with E-state index in [1.807, 2.05) is 17.0 Å². The van der Waals surface area contributed by atoms with Gasteiger partial charge >= 0.3 is 0 Å². The van der Waals surface area contributed by atoms with Crippen LogP contribution in [-0.4, -0.2) is 18.0 Å². The topological polar surface area (TPSA) is 41.6 Å². The van der Waals surface area contributed by atoms with Gasteiger partial charge in [-0.1, -0.05) is 25.0 Å². The Morgan fingerprint density at radius 3 is 2.76 bits per heavy atom. The third-order valence-electron chi connectivity index (χ3n) is 5.48. The number of anilines is 1. The number of para-hydroxylation sites is 1. The third kappa shape index (κ3) is 2.12. The van der Waals surface area contributed by atoms with E-state index >= 15 is 0 Å². The second kappa shape index (κ2) is 4.72. The molecule has 2 fully saturated rings. The van der Waals surface area contributed by atoms with Gasteiger partial charge in [-0.15, -0.1) is 0 Å². The Balaban J connectivity index is 1.69. The average Bonchev–Trinajstić information content (AvgIpc) is 3.29. The lowest BCUT2D eigenvalue weighted by Gasteiger charge is -2.45. The molecule has 0 amide bonds. The molecule has 2 saturated carbocycles. The van der Waals surface area contributed by atoms with E-state index in [1.54, 1.807) is 6.07 Å². The zero-order valence-electron chi connectivity index (χ0n) is 12.3. The van der Waals surface area contributed by atoms with Crippen LogP contribution in [0.3, 0.4) is 0 Å². The van der Waals surface area contributed by atoms with E-state index in [9.17, 15) is 4.39 Å². The van der Waals surface area contributed by atoms with Gasteiger partial charge in [-0.25, -0.2) is 4.39 Å². The zero-order valence-corrected chi connectivity index (χ0v) is 12.3. The van der Waals surface area contributed by atoms with Gasteiger partial charge in [-0.2, -0.15) is 0 Å². The monoisotopic (exact) mass is 287 g/mol. The summed E-state index contributed by atoms with van der Waals surface area (Å²) in [7, 11) is 0. The number of nitrogens with two attached hydrogens (primary N) is 1. The first-order chi connectivity index (χ1) is 10.2. The minimum atomic E-state index is -0.203. The summed E-state index contributed by atoms with van der Waals surface area (Å²) in [6.07, 6.45) is 7.44. The van der Waals surface area contributed by atoms with Gasteiger partial charge in [0.15, 0.2) is 5.96 Å². The number of guanidine groups is 1. The van der Waals surface area contributed by atoms with Crippen molar-refractivity contribution >= 4 is 11.6 Å². The number of halogens is 1. The minimum Gasteiger partial charge on any atom is -0.369 e. The number of benzene rings is 1. The summed E-state index contributed by atoms with van der Waals surface area (Å²) in [5.41, 5.74) is 6.64. The Morgan fingerprint density at radius 1 is 1.19 bits per heavy atom. The highest BCUT2D eigenvalue weighted by molar-refractivity contribution is 5.98. The fourth-order valence-electron chi connectivity index (χ4n) is 4.33. The van der Waals surface area contributed by atoms with Gasteiger partial charge in [0.25, 0.3) is 0 Å². The molecule has 112 valence electrons. The van der Waals surface area contributed by atoms with Crippen molar-refractivity contribution in [1.29, 1.82) is 0 Å². The minimum absolute atomic E-state index is 0.0855. The zero-order chi connectivity index (χ0) is 14.4. The van der Waals surface area contributed by atoms with E-state index in [0.717, 1.165) is 31.2 Å². The van der Waals surface area contributed by atoms with Crippen LogP contribution in [-0.2, 0) is 0 Å². The second-order valence-corrected chi connectivity index (χ2v) is 6.88. The molecular weight excluding hydrogens is 265 g/mol. The number of rotatable bonds is 2. The highest BCUT2D eigenvalue weighted by Crippen LogP contribution is 2.50. The summed E-state index contributed by atoms with van der Waals surface area (Å²) >= 11 is 0. The number of hydrogen-bond acceptors (Lipinski definition) is 3. The van der Waals surface area contributed by atoms with Gasteiger partial charge in [-0.05, 0) is 49.7 Å². The molecule has 1 aliphatic heterocycles. The highest BCUT2D eigenvalue weighted by atomic mass is 19.1. The highest BCUT2D eigenvalue weighted by Gasteiger charge is 2.49. The van der Waals surface area contributed by atoms with Crippen molar-refractivity contribution in [3.63, 3.8) is 0 Å². The molecule has 3 nitrogen and oxygen atoms in total. The van der Waals surface area contributed by atoms with E-state index < -0.39 is 0 Å². The SMILES string of the molecule is NC1=NCC2(CCCC(C3CC3)C2)N1c1ccccc1F. The first-order valence-electron chi connectivity index (χ1n) is 8.04. The fraction of sp³-hybridized carbons (Fsp3) is 0.588. The van der Waals surface area contributed by atoms with Crippen molar-refractivity contribution < 1.29 is 4.39 Å². The molecule has 1 aromatic carbocycles. The number of hydrogen-bond donors (Lipinski definition) is 1. The average molecular weight is 287 g/mol. The van der Waals surface area contributed by atoms with Crippen LogP contribution in [0.5, 0.6) is 0 Å². The van der Waals surface area contributed by atoms with Gasteiger partial charge in [0.2, 0.25) is 0 Å². The van der Waals surface area contributed by atoms with Crippen LogP contribution in [0.2, 0.25) is 0 Å². The van der Waals surface area contributed by atoms with Crippen LogP contribution in [0.4, 0.5) is 10.1 Å². The molecule has 0 radical (unpaired) electrons. The molecule has 1 heterocycles. The van der Waals surface area contributed by atoms with Gasteiger partial charge in [-0.3, -0.25) is 4.99 Å². The molecule has 1 spiro atoms. The van der Waals surface area contributed by atoms with E-state index in [1.165, 1.54) is 31.7 Å². The van der Waals surface area contributed by atoms with Crippen molar-refractivity contribution in [3.05, 3.63) is 30.1 Å². The Hall–Kier alpha value is -1.58. The molecule has 0 saturated heterocycles. The van der Waals surface area contributed by atoms with Crippen LogP contribution in [0.25, 0.3) is 0 Å². The first kappa shape index (κ1) is 13.1. The maximum Gasteiger partial charge on any atom is 0.196 e. The Kier molecular flexibility index (Phi) is 2.95. The predicted molar refractivity (Wildman–Crippen MR) is 82.8 cm³/mol. The summed E-state index contributed by atoms with van der Waals surface area (Å²) in [5, 5.41) is 0. The van der Waals surface area contributed by atoms with Crippen LogP contribution in [0.1, 0.15) is 38.5 Å². The third-order valence-corrected chi connectivity index (χ3v) is 5.48. The van der Waals surface area contributed by atoms with E-state index in [-0.39, 0.29) is 11.4 Å². The largest absolute Gasteiger partial charge is 0.369 e. The first-order valence-corrected chi connectivity index (χ1v) is 8.04. The summed E-state index contributed by atoms with van der Waals surface area (Å²) < 4.78 is 14.3. The smallest absolute Gasteiger partial charge is 0.196 e. The quantitative estimate of drug-likeness (QED) is 0.906. The van der Waals surface area contributed by atoms with Crippen molar-refractivity contribution in [2.45, 2.75) is 44.1 Å². The standard InChI is InChI=1S/C17H22FN3/c18-14-5-1-2-6-15(14)21-16(19)20-11-17(21)9-3-4-13(10-17)12-7-8-12/h1-2,5-6,12-13H,3-4,7-11H2,(H2,19,20). The van der Waals surface area contributed by atoms with Crippen LogP contribution in [0.15, 0.2) is 29.3 Å². The molecule has 4 rings (SSSR count). The van der Waals surface area contributed by atoms with Crippen molar-refractivity contribution in [2.75, 3.05) is 11.4 Å². The Bertz CT molecular complexity index is 581. The molecule has 21 heavy (non-hydrogen) atoms. The molecule has 0 aromatic heterocycles. The summed E-state index contributed by atoms with van der Waals surface area (Å²) in [6, 6.07) is 6.93. The summed E-state index contributed by atoms with van der Waals surface area (Å²) in [4.78, 5) is 6.48. The molecule has 2 N–H and O–H groups in total. The Labute approximate surface area is 125 Å². The maximum atomic E-state index is 14.3. The van der Waals surface area contributed by atoms with Gasteiger partial charge < -0.3 is 10.6 Å². The molecule has 1 aromatic rings. The fourth-order valence-corrected chi connectivity index (χ4v) is 4.33. The summed E-state index contributed by atoms with van der Waals surface area (Å²) in [6.45, 7) is 0.719. The lowest BCUT2D eigenvalue weighted by atomic mass is 9.73. The van der Waals surface area contributed by atoms with Crippen LogP contribution in [0, 0.1) is 17.7 Å². The van der Waals surface area contributed by atoms with E-state index in [2.05, 4.69) is 4.99 Å². The summed E-state index contributed by atoms with van der Waals surface area (Å²) in [5.74, 6) is 1.95. The second-order valence-electron chi connectivity index (χ2n) is 6.88. The van der Waals surface area contributed by atoms with Crippen molar-refractivity contribution in [1.82, 2.24) is 0 Å². The van der Waals surface area contributed by atoms with Crippen molar-refractivity contribution in [3.8, 4) is 0 Å². The van der Waals surface area contributed by atoms with Gasteiger partial charge in [0, 0.05) is 0 Å². The van der Waals surface area contributed by atoms with E-state index in [4.69, 9.17) is 5.73 Å². The molecule has 2 unspecified atom stereocenters. The van der Waals surface area contributed by atoms with Gasteiger partial charge in [0.1, 0.15) is 5.82 Å². The van der Waals surface area contributed by atoms with Gasteiger partial charge in [0.05, 0.1) is 17.8 Å². The molecule has 2 aliphatic carbocycles. The number of nitrogens with zero attached hydrogens (tertiary/aromatic N) is 2. The van der Waals surface area contributed by atoms with Crippen LogP contribution < -0.4 is 10.6 Å². The van der Waals surface area contributed by atoms with E-state index in [0.29, 0.717) is 11.6 Å². The molecule has 3 aliphatic rings. The molecule has 2 atom stereocenters. The lowest BCUT2D eigenvalue weighted by molar-refractivity contribution is 0.219. The maximum absolute atomic E-state index is 14.3. The molecule has 4 heteroatoms. The molecule has 0 bridgehead atoms. The predicted octanol–water partition coefficient (Wildman–Crippen LogP) is 3.30. The lowest BCUT2D eigenvalue weighted by Crippen LogP contribution is -2.55. The Morgan fingerprint density at radius 2 is 2.00 bits per heavy atom.